The van der Waals surface area contributed by atoms with E-state index in [1.807, 2.05) is 0 Å². The standard InChI is InChI=1S/C42H28ClFN6O8S3/c1-21(51)56-38-31(15-17-46-36(38)39(53)49-41-47-27-12-10-25(18-32(27)60-41)57-24-8-6-23(44)7-9-24)55-20-22-4-3-5-29(34(22)43)58-26-11-13-28-33(19-26)61-42(48-28)50-40(59)35-37(52)30(54-2)14-16-45-35/h3-19,52H,20H2,1-2H3,(H,47,49,53)(H,48,50,59). The minimum Gasteiger partial charge on any atom is -0.503 e. The van der Waals surface area contributed by atoms with Gasteiger partial charge in [-0.05, 0) is 54.6 Å². The molecule has 14 nitrogen and oxygen atoms in total. The normalized spacial score (nSPS) is 11.0. The number of aromatic nitrogens is 4. The zero-order valence-electron chi connectivity index (χ0n) is 31.6. The Labute approximate surface area is 363 Å². The number of hydrogen-bond acceptors (Lipinski definition) is 15. The van der Waals surface area contributed by atoms with Gasteiger partial charge in [-0.2, -0.15) is 0 Å². The Morgan fingerprint density at radius 2 is 1.41 bits per heavy atom. The summed E-state index contributed by atoms with van der Waals surface area (Å²) in [5.41, 5.74) is 1.74. The van der Waals surface area contributed by atoms with E-state index in [9.17, 15) is 19.1 Å². The van der Waals surface area contributed by atoms with Crippen molar-refractivity contribution in [1.82, 2.24) is 19.9 Å². The maximum atomic E-state index is 13.6. The highest BCUT2D eigenvalue weighted by Crippen LogP contribution is 2.38. The fourth-order valence-corrected chi connectivity index (χ4v) is 8.06. The lowest BCUT2D eigenvalue weighted by Gasteiger charge is -2.15. The molecule has 4 heterocycles. The molecule has 0 aliphatic carbocycles. The van der Waals surface area contributed by atoms with Crippen LogP contribution < -0.4 is 34.3 Å². The molecule has 8 aromatic rings. The molecule has 0 fully saturated rings. The van der Waals surface area contributed by atoms with Crippen molar-refractivity contribution in [3.05, 3.63) is 131 Å². The van der Waals surface area contributed by atoms with Crippen molar-refractivity contribution in [1.29, 1.82) is 0 Å². The second-order valence-corrected chi connectivity index (χ2v) is 15.5. The van der Waals surface area contributed by atoms with E-state index < -0.39 is 11.9 Å². The summed E-state index contributed by atoms with van der Waals surface area (Å²) in [7, 11) is 1.43. The molecule has 0 radical (unpaired) electrons. The van der Waals surface area contributed by atoms with Gasteiger partial charge in [-0.15, -0.1) is 0 Å². The minimum absolute atomic E-state index is 0.0570. The number of aromatic hydroxyl groups is 1. The number of pyridine rings is 2. The largest absolute Gasteiger partial charge is 0.503 e. The molecule has 4 aromatic heterocycles. The highest BCUT2D eigenvalue weighted by Gasteiger charge is 2.23. The first-order valence-electron chi connectivity index (χ1n) is 17.9. The van der Waals surface area contributed by atoms with E-state index in [-0.39, 0.29) is 62.0 Å². The molecule has 3 N–H and O–H groups in total. The van der Waals surface area contributed by atoms with Gasteiger partial charge in [0.2, 0.25) is 5.75 Å². The summed E-state index contributed by atoms with van der Waals surface area (Å²) in [4.78, 5) is 43.4. The first-order valence-corrected chi connectivity index (χ1v) is 20.3. The second kappa shape index (κ2) is 17.7. The van der Waals surface area contributed by atoms with E-state index in [0.29, 0.717) is 49.4 Å². The number of nitrogens with zero attached hydrogens (tertiary/aromatic N) is 4. The number of benzene rings is 4. The highest BCUT2D eigenvalue weighted by molar-refractivity contribution is 7.81. The third-order valence-electron chi connectivity index (χ3n) is 8.52. The molecule has 0 atom stereocenters. The van der Waals surface area contributed by atoms with E-state index in [4.69, 9.17) is 47.5 Å². The molecule has 61 heavy (non-hydrogen) atoms. The van der Waals surface area contributed by atoms with E-state index >= 15 is 0 Å². The Balaban J connectivity index is 0.949. The average Bonchev–Trinajstić information content (AvgIpc) is 3.84. The Morgan fingerprint density at radius 1 is 0.787 bits per heavy atom. The Hall–Kier alpha value is -6.99. The van der Waals surface area contributed by atoms with Crippen LogP contribution in [0.4, 0.5) is 14.7 Å². The second-order valence-electron chi connectivity index (χ2n) is 12.7. The average molecular weight is 895 g/mol. The molecular formula is C42H28ClFN6O8S3. The Morgan fingerprint density at radius 3 is 2.08 bits per heavy atom. The molecule has 306 valence electrons. The monoisotopic (exact) mass is 894 g/mol. The summed E-state index contributed by atoms with van der Waals surface area (Å²) in [5.74, 6) is -0.0960. The number of rotatable bonds is 13. The van der Waals surface area contributed by atoms with Gasteiger partial charge in [0, 0.05) is 49.1 Å². The van der Waals surface area contributed by atoms with Crippen LogP contribution in [0.25, 0.3) is 20.4 Å². The minimum atomic E-state index is -0.703. The summed E-state index contributed by atoms with van der Waals surface area (Å²) in [5, 5.41) is 17.2. The molecule has 0 aliphatic heterocycles. The van der Waals surface area contributed by atoms with Crippen LogP contribution in [0.1, 0.15) is 28.7 Å². The SMILES string of the molecule is COc1ccnc(C(=S)Nc2nc3ccc(Oc4cccc(COc5ccnc(C(=O)Nc6nc7ccc(Oc8ccc(F)cc8)cc7s6)c5OC(C)=O)c4Cl)cc3s2)c1O. The van der Waals surface area contributed by atoms with Crippen LogP contribution in [-0.4, -0.2) is 49.0 Å². The molecule has 1 amide bonds. The number of carbonyl (C=O) groups excluding carboxylic acids is 2. The molecule has 0 spiro atoms. The van der Waals surface area contributed by atoms with Crippen molar-refractivity contribution >= 4 is 94.1 Å². The number of halogens is 2. The highest BCUT2D eigenvalue weighted by atomic mass is 35.5. The predicted molar refractivity (Wildman–Crippen MR) is 233 cm³/mol. The van der Waals surface area contributed by atoms with Gasteiger partial charge in [0.25, 0.3) is 5.91 Å². The van der Waals surface area contributed by atoms with Gasteiger partial charge in [-0.3, -0.25) is 14.9 Å². The lowest BCUT2D eigenvalue weighted by molar-refractivity contribution is -0.132. The summed E-state index contributed by atoms with van der Waals surface area (Å²) in [6.07, 6.45) is 2.83. The third-order valence-corrected chi connectivity index (χ3v) is 11.1. The number of ether oxygens (including phenoxy) is 5. The number of anilines is 2. The van der Waals surface area contributed by atoms with E-state index in [2.05, 4.69) is 30.6 Å². The van der Waals surface area contributed by atoms with Crippen LogP contribution >= 0.6 is 46.5 Å². The molecule has 0 saturated carbocycles. The molecule has 0 aliphatic rings. The Kier molecular flexibility index (Phi) is 11.8. The maximum Gasteiger partial charge on any atom is 0.308 e. The number of esters is 1. The molecule has 0 unspecified atom stereocenters. The van der Waals surface area contributed by atoms with Gasteiger partial charge in [0.15, 0.2) is 33.2 Å². The van der Waals surface area contributed by atoms with E-state index in [0.717, 1.165) is 4.70 Å². The number of hydrogen-bond donors (Lipinski definition) is 3. The number of thiazole rings is 2. The summed E-state index contributed by atoms with van der Waals surface area (Å²) >= 11 is 14.8. The van der Waals surface area contributed by atoms with Crippen LogP contribution in [0.2, 0.25) is 5.02 Å². The zero-order chi connectivity index (χ0) is 42.6. The lowest BCUT2D eigenvalue weighted by Crippen LogP contribution is -2.17. The number of nitrogens with one attached hydrogen (secondary N) is 2. The maximum absolute atomic E-state index is 13.6. The van der Waals surface area contributed by atoms with Crippen LogP contribution in [0, 0.1) is 5.82 Å². The number of fused-ring (bicyclic) bond motifs is 2. The molecule has 8 rings (SSSR count). The van der Waals surface area contributed by atoms with Gasteiger partial charge >= 0.3 is 5.97 Å². The van der Waals surface area contributed by atoms with Gasteiger partial charge in [-0.25, -0.2) is 24.3 Å². The zero-order valence-corrected chi connectivity index (χ0v) is 34.8. The van der Waals surface area contributed by atoms with Crippen molar-refractivity contribution in [2.75, 3.05) is 17.7 Å². The van der Waals surface area contributed by atoms with Gasteiger partial charge in [-0.1, -0.05) is 58.6 Å². The van der Waals surface area contributed by atoms with Gasteiger partial charge in [0.05, 0.1) is 32.6 Å². The quantitative estimate of drug-likeness (QED) is 0.0736. The summed E-state index contributed by atoms with van der Waals surface area (Å²) < 4.78 is 43.5. The van der Waals surface area contributed by atoms with Crippen LogP contribution in [0.15, 0.2) is 103 Å². The first kappa shape index (κ1) is 40.8. The third kappa shape index (κ3) is 9.27. The molecule has 4 aromatic carbocycles. The number of methoxy groups -OCH3 is 1. The van der Waals surface area contributed by atoms with E-state index in [1.54, 1.807) is 54.6 Å². The molecular weight excluding hydrogens is 867 g/mol. The van der Waals surface area contributed by atoms with Crippen molar-refractivity contribution in [2.24, 2.45) is 0 Å². The van der Waals surface area contributed by atoms with Crippen molar-refractivity contribution in [3.8, 4) is 46.0 Å². The first-order chi connectivity index (χ1) is 29.5. The van der Waals surface area contributed by atoms with Crippen molar-refractivity contribution < 1.29 is 42.8 Å². The predicted octanol–water partition coefficient (Wildman–Crippen LogP) is 10.3. The van der Waals surface area contributed by atoms with Crippen LogP contribution in [0.5, 0.6) is 46.0 Å². The fourth-order valence-electron chi connectivity index (χ4n) is 5.74. The summed E-state index contributed by atoms with van der Waals surface area (Å²) in [6.45, 7) is 1.09. The topological polar surface area (TPSA) is 176 Å². The summed E-state index contributed by atoms with van der Waals surface area (Å²) in [6, 6.07) is 24.3. The Bertz CT molecular complexity index is 2980. The fraction of sp³-hybridized carbons (Fsp3) is 0.0714. The van der Waals surface area contributed by atoms with Gasteiger partial charge < -0.3 is 34.1 Å². The lowest BCUT2D eigenvalue weighted by atomic mass is 10.2. The smallest absolute Gasteiger partial charge is 0.308 e. The number of amides is 1. The molecule has 0 saturated heterocycles. The molecule has 19 heteroatoms. The number of carbonyl (C=O) groups is 2. The number of thiocarbonyl (C=S) groups is 1. The van der Waals surface area contributed by atoms with Crippen LogP contribution in [-0.2, 0) is 11.4 Å². The van der Waals surface area contributed by atoms with Crippen molar-refractivity contribution in [2.45, 2.75) is 13.5 Å². The van der Waals surface area contributed by atoms with Crippen molar-refractivity contribution in [3.63, 3.8) is 0 Å². The van der Waals surface area contributed by atoms with Crippen LogP contribution in [0.3, 0.4) is 0 Å². The van der Waals surface area contributed by atoms with E-state index in [1.165, 1.54) is 85.5 Å². The molecule has 0 bridgehead atoms. The van der Waals surface area contributed by atoms with Gasteiger partial charge in [0.1, 0.15) is 46.1 Å².